The summed E-state index contributed by atoms with van der Waals surface area (Å²) in [5.41, 5.74) is 4.28. The molecule has 1 unspecified atom stereocenters. The van der Waals surface area contributed by atoms with Crippen LogP contribution in [-0.2, 0) is 13.0 Å². The zero-order valence-electron chi connectivity index (χ0n) is 21.5. The van der Waals surface area contributed by atoms with E-state index in [2.05, 4.69) is 26.7 Å². The van der Waals surface area contributed by atoms with Gasteiger partial charge in [-0.15, -0.1) is 0 Å². The highest BCUT2D eigenvalue weighted by Gasteiger charge is 2.32. The Morgan fingerprint density at radius 2 is 1.97 bits per heavy atom. The van der Waals surface area contributed by atoms with E-state index in [0.717, 1.165) is 72.9 Å². The number of nitrogens with zero attached hydrogens (tertiary/aromatic N) is 5. The van der Waals surface area contributed by atoms with Gasteiger partial charge in [0.15, 0.2) is 0 Å². The Morgan fingerprint density at radius 1 is 1.13 bits per heavy atom. The first-order valence-corrected chi connectivity index (χ1v) is 13.1. The Kier molecular flexibility index (Phi) is 7.95. The summed E-state index contributed by atoms with van der Waals surface area (Å²) in [7, 11) is 0. The molecule has 0 fully saturated rings. The molecule has 1 aliphatic rings. The van der Waals surface area contributed by atoms with Crippen LogP contribution in [0.4, 0.5) is 10.3 Å². The Morgan fingerprint density at radius 3 is 2.74 bits per heavy atom. The lowest BCUT2D eigenvalue weighted by atomic mass is 10.1. The van der Waals surface area contributed by atoms with E-state index < -0.39 is 0 Å². The number of benzene rings is 2. The molecule has 3 N–H and O–H groups in total. The van der Waals surface area contributed by atoms with Gasteiger partial charge in [0.25, 0.3) is 0 Å². The first-order valence-electron chi connectivity index (χ1n) is 13.1. The SMILES string of the molecule is CCCN(Cc1cccc(O)c1)CC1CCc2nc(-c3ccc(F)cc3)c(-c3ccnc(NCCO)n3)n21. The minimum absolute atomic E-state index is 0.0228. The molecule has 4 aromatic rings. The summed E-state index contributed by atoms with van der Waals surface area (Å²) < 4.78 is 16.0. The average molecular weight is 517 g/mol. The summed E-state index contributed by atoms with van der Waals surface area (Å²) in [6.45, 7) is 4.99. The van der Waals surface area contributed by atoms with E-state index in [4.69, 9.17) is 9.97 Å². The van der Waals surface area contributed by atoms with Gasteiger partial charge in [0.05, 0.1) is 23.7 Å². The second kappa shape index (κ2) is 11.7. The van der Waals surface area contributed by atoms with Gasteiger partial charge in [-0.25, -0.2) is 19.3 Å². The number of aryl methyl sites for hydroxylation is 1. The van der Waals surface area contributed by atoms with Crippen molar-refractivity contribution in [2.75, 3.05) is 31.6 Å². The van der Waals surface area contributed by atoms with Gasteiger partial charge in [0, 0.05) is 43.9 Å². The fourth-order valence-electron chi connectivity index (χ4n) is 5.21. The molecular weight excluding hydrogens is 483 g/mol. The second-order valence-electron chi connectivity index (χ2n) is 9.62. The Bertz CT molecular complexity index is 1370. The molecule has 9 heteroatoms. The van der Waals surface area contributed by atoms with Crippen molar-refractivity contribution in [3.8, 4) is 28.4 Å². The lowest BCUT2D eigenvalue weighted by Crippen LogP contribution is -2.30. The predicted molar refractivity (Wildman–Crippen MR) is 145 cm³/mol. The van der Waals surface area contributed by atoms with Crippen LogP contribution >= 0.6 is 0 Å². The van der Waals surface area contributed by atoms with Crippen molar-refractivity contribution in [2.24, 2.45) is 0 Å². The van der Waals surface area contributed by atoms with Crippen molar-refractivity contribution < 1.29 is 14.6 Å². The average Bonchev–Trinajstić information content (AvgIpc) is 3.48. The standard InChI is InChI=1S/C29H33FN6O2/c1-2-15-35(18-20-4-3-5-24(38)17-20)19-23-10-11-26-34-27(21-6-8-22(30)9-7-21)28(36(23)26)25-12-13-31-29(33-25)32-14-16-37/h3-9,12-13,17,23,37-38H,2,10-11,14-16,18-19H2,1H3,(H,31,32,33). The third-order valence-corrected chi connectivity index (χ3v) is 6.79. The van der Waals surface area contributed by atoms with E-state index in [1.54, 1.807) is 24.4 Å². The summed E-state index contributed by atoms with van der Waals surface area (Å²) in [6, 6.07) is 15.9. The first-order chi connectivity index (χ1) is 18.6. The Balaban J connectivity index is 1.53. The Hall–Kier alpha value is -3.82. The number of fused-ring (bicyclic) bond motifs is 1. The minimum Gasteiger partial charge on any atom is -0.508 e. The molecule has 0 saturated carbocycles. The van der Waals surface area contributed by atoms with Crippen molar-refractivity contribution in [3.63, 3.8) is 0 Å². The van der Waals surface area contributed by atoms with Crippen molar-refractivity contribution in [2.45, 2.75) is 38.8 Å². The highest BCUT2D eigenvalue weighted by molar-refractivity contribution is 5.78. The van der Waals surface area contributed by atoms with Crippen LogP contribution in [0.3, 0.4) is 0 Å². The number of rotatable bonds is 11. The molecule has 3 heterocycles. The van der Waals surface area contributed by atoms with Crippen LogP contribution in [0.1, 0.15) is 37.2 Å². The first kappa shape index (κ1) is 25.8. The van der Waals surface area contributed by atoms with E-state index in [0.29, 0.717) is 12.5 Å². The molecular formula is C29H33FN6O2. The van der Waals surface area contributed by atoms with Crippen LogP contribution in [0, 0.1) is 5.82 Å². The molecule has 0 spiro atoms. The monoisotopic (exact) mass is 516 g/mol. The molecule has 2 aromatic carbocycles. The van der Waals surface area contributed by atoms with Crippen molar-refractivity contribution in [3.05, 3.63) is 78.0 Å². The third-order valence-electron chi connectivity index (χ3n) is 6.79. The molecule has 198 valence electrons. The normalized spacial score (nSPS) is 14.7. The minimum atomic E-state index is -0.292. The van der Waals surface area contributed by atoms with Crippen molar-refractivity contribution in [1.29, 1.82) is 0 Å². The topological polar surface area (TPSA) is 99.3 Å². The second-order valence-corrected chi connectivity index (χ2v) is 9.62. The number of anilines is 1. The van der Waals surface area contributed by atoms with Gasteiger partial charge in [0.2, 0.25) is 5.95 Å². The van der Waals surface area contributed by atoms with Crippen LogP contribution in [-0.4, -0.2) is 60.9 Å². The van der Waals surface area contributed by atoms with Crippen LogP contribution in [0.5, 0.6) is 5.75 Å². The van der Waals surface area contributed by atoms with Gasteiger partial charge in [-0.2, -0.15) is 0 Å². The highest BCUT2D eigenvalue weighted by atomic mass is 19.1. The van der Waals surface area contributed by atoms with Gasteiger partial charge in [0.1, 0.15) is 17.4 Å². The molecule has 38 heavy (non-hydrogen) atoms. The largest absolute Gasteiger partial charge is 0.508 e. The summed E-state index contributed by atoms with van der Waals surface area (Å²) >= 11 is 0. The fraction of sp³-hybridized carbons (Fsp3) is 0.345. The number of aromatic hydroxyl groups is 1. The molecule has 0 aliphatic carbocycles. The van der Waals surface area contributed by atoms with E-state index in [1.165, 1.54) is 12.1 Å². The number of phenols is 1. The highest BCUT2D eigenvalue weighted by Crippen LogP contribution is 2.39. The third kappa shape index (κ3) is 5.69. The molecule has 0 saturated heterocycles. The number of phenolic OH excluding ortho intramolecular Hbond substituents is 1. The number of imidazole rings is 1. The van der Waals surface area contributed by atoms with Crippen LogP contribution in [0.2, 0.25) is 0 Å². The lowest BCUT2D eigenvalue weighted by Gasteiger charge is -2.27. The molecule has 5 rings (SSSR count). The van der Waals surface area contributed by atoms with Crippen molar-refractivity contribution in [1.82, 2.24) is 24.4 Å². The molecule has 8 nitrogen and oxygen atoms in total. The van der Waals surface area contributed by atoms with E-state index in [-0.39, 0.29) is 24.2 Å². The van der Waals surface area contributed by atoms with Crippen LogP contribution in [0.25, 0.3) is 22.6 Å². The summed E-state index contributed by atoms with van der Waals surface area (Å²) in [6.07, 6.45) is 4.51. The van der Waals surface area contributed by atoms with Gasteiger partial charge >= 0.3 is 0 Å². The Labute approximate surface area is 221 Å². The lowest BCUT2D eigenvalue weighted by molar-refractivity contribution is 0.227. The molecule has 2 aromatic heterocycles. The molecule has 1 aliphatic heterocycles. The maximum absolute atomic E-state index is 13.7. The zero-order chi connectivity index (χ0) is 26.5. The molecule has 0 radical (unpaired) electrons. The number of aliphatic hydroxyl groups excluding tert-OH is 1. The summed E-state index contributed by atoms with van der Waals surface area (Å²) in [5, 5.41) is 22.2. The maximum atomic E-state index is 13.7. The fourth-order valence-corrected chi connectivity index (χ4v) is 5.21. The molecule has 0 amide bonds. The van der Waals surface area contributed by atoms with E-state index in [9.17, 15) is 14.6 Å². The van der Waals surface area contributed by atoms with Gasteiger partial charge in [-0.3, -0.25) is 4.90 Å². The quantitative estimate of drug-likeness (QED) is 0.267. The van der Waals surface area contributed by atoms with Crippen LogP contribution < -0.4 is 5.32 Å². The molecule has 1 atom stereocenters. The van der Waals surface area contributed by atoms with E-state index >= 15 is 0 Å². The number of nitrogens with one attached hydrogen (secondary N) is 1. The number of aliphatic hydroxyl groups is 1. The number of hydrogen-bond donors (Lipinski definition) is 3. The van der Waals surface area contributed by atoms with Gasteiger partial charge in [-0.1, -0.05) is 19.1 Å². The molecule has 0 bridgehead atoms. The van der Waals surface area contributed by atoms with Crippen LogP contribution in [0.15, 0.2) is 60.8 Å². The predicted octanol–water partition coefficient (Wildman–Crippen LogP) is 4.66. The summed E-state index contributed by atoms with van der Waals surface area (Å²) in [5.74, 6) is 1.40. The zero-order valence-corrected chi connectivity index (χ0v) is 21.5. The number of aromatic nitrogens is 4. The smallest absolute Gasteiger partial charge is 0.223 e. The van der Waals surface area contributed by atoms with Crippen molar-refractivity contribution >= 4 is 5.95 Å². The summed E-state index contributed by atoms with van der Waals surface area (Å²) in [4.78, 5) is 16.5. The van der Waals surface area contributed by atoms with E-state index in [1.807, 2.05) is 24.3 Å². The maximum Gasteiger partial charge on any atom is 0.223 e. The number of halogens is 1. The van der Waals surface area contributed by atoms with Gasteiger partial charge < -0.3 is 20.1 Å². The number of hydrogen-bond acceptors (Lipinski definition) is 7. The van der Waals surface area contributed by atoms with Gasteiger partial charge in [-0.05, 0) is 67.4 Å².